The summed E-state index contributed by atoms with van der Waals surface area (Å²) >= 11 is 5.85. The van der Waals surface area contributed by atoms with Gasteiger partial charge in [-0.1, -0.05) is 23.7 Å². The van der Waals surface area contributed by atoms with E-state index in [0.717, 1.165) is 12.1 Å². The molecule has 8 heteroatoms. The Balaban J connectivity index is 2.36. The third kappa shape index (κ3) is 3.81. The Labute approximate surface area is 133 Å². The van der Waals surface area contributed by atoms with Gasteiger partial charge in [0.1, 0.15) is 0 Å². The molecule has 2 aromatic rings. The quantitative estimate of drug-likeness (QED) is 0.872. The maximum Gasteiger partial charge on any atom is 0.416 e. The van der Waals surface area contributed by atoms with Gasteiger partial charge in [-0.3, -0.25) is 4.79 Å². The highest BCUT2D eigenvalue weighted by Gasteiger charge is 2.31. The van der Waals surface area contributed by atoms with Gasteiger partial charge in [-0.05, 0) is 30.3 Å². The number of hydrogen-bond acceptors (Lipinski definition) is 2. The van der Waals surface area contributed by atoms with Gasteiger partial charge in [0.25, 0.3) is 5.91 Å². The molecule has 0 saturated heterocycles. The molecule has 2 N–H and O–H groups in total. The summed E-state index contributed by atoms with van der Waals surface area (Å²) in [7, 11) is 0. The van der Waals surface area contributed by atoms with E-state index in [1.807, 2.05) is 0 Å². The van der Waals surface area contributed by atoms with Crippen molar-refractivity contribution in [2.75, 3.05) is 5.32 Å². The van der Waals surface area contributed by atoms with Crippen molar-refractivity contribution in [2.45, 2.75) is 6.18 Å². The van der Waals surface area contributed by atoms with Crippen molar-refractivity contribution >= 4 is 29.2 Å². The SMILES string of the molecule is O=C(Nc1c(Cl)cccc1C(=O)O)c1cccc(C(F)(F)F)c1. The minimum Gasteiger partial charge on any atom is -0.478 e. The average molecular weight is 344 g/mol. The van der Waals surface area contributed by atoms with Crippen molar-refractivity contribution in [3.63, 3.8) is 0 Å². The molecule has 4 nitrogen and oxygen atoms in total. The second-order valence-electron chi connectivity index (χ2n) is 4.50. The smallest absolute Gasteiger partial charge is 0.416 e. The van der Waals surface area contributed by atoms with E-state index in [1.54, 1.807) is 0 Å². The number of carbonyl (C=O) groups excluding carboxylic acids is 1. The molecule has 2 aromatic carbocycles. The molecule has 0 aliphatic heterocycles. The molecule has 0 saturated carbocycles. The summed E-state index contributed by atoms with van der Waals surface area (Å²) in [5.74, 6) is -2.22. The van der Waals surface area contributed by atoms with E-state index in [-0.39, 0.29) is 21.8 Å². The van der Waals surface area contributed by atoms with Crippen LogP contribution >= 0.6 is 11.6 Å². The molecule has 23 heavy (non-hydrogen) atoms. The molecule has 1 amide bonds. The summed E-state index contributed by atoms with van der Waals surface area (Å²) in [5.41, 5.74) is -1.69. The molecule has 0 bridgehead atoms. The molecule has 120 valence electrons. The van der Waals surface area contributed by atoms with Gasteiger partial charge in [0, 0.05) is 5.56 Å². The molecule has 0 fully saturated rings. The van der Waals surface area contributed by atoms with Crippen LogP contribution in [-0.4, -0.2) is 17.0 Å². The van der Waals surface area contributed by atoms with Crippen LogP contribution in [-0.2, 0) is 6.18 Å². The number of carboxylic acid groups (broad SMARTS) is 1. The standard InChI is InChI=1S/C15H9ClF3NO3/c16-11-6-2-5-10(14(22)23)12(11)20-13(21)8-3-1-4-9(7-8)15(17,18)19/h1-7H,(H,20,21)(H,22,23). The lowest BCUT2D eigenvalue weighted by Gasteiger charge is -2.12. The van der Waals surface area contributed by atoms with Crippen LogP contribution < -0.4 is 5.32 Å². The number of anilines is 1. The number of halogens is 4. The number of nitrogens with one attached hydrogen (secondary N) is 1. The Morgan fingerprint density at radius 3 is 2.35 bits per heavy atom. The number of hydrogen-bond donors (Lipinski definition) is 2. The van der Waals surface area contributed by atoms with Gasteiger partial charge in [-0.2, -0.15) is 13.2 Å². The maximum absolute atomic E-state index is 12.7. The van der Waals surface area contributed by atoms with Gasteiger partial charge in [-0.15, -0.1) is 0 Å². The third-order valence-corrected chi connectivity index (χ3v) is 3.25. The molecular weight excluding hydrogens is 335 g/mol. The first kappa shape index (κ1) is 16.8. The van der Waals surface area contributed by atoms with E-state index in [0.29, 0.717) is 6.07 Å². The summed E-state index contributed by atoms with van der Waals surface area (Å²) in [6, 6.07) is 7.73. The number of aromatic carboxylic acids is 1. The summed E-state index contributed by atoms with van der Waals surface area (Å²) in [6.07, 6.45) is -4.59. The predicted molar refractivity (Wildman–Crippen MR) is 77.8 cm³/mol. The molecule has 0 aliphatic rings. The van der Waals surface area contributed by atoms with Crippen LogP contribution in [0.2, 0.25) is 5.02 Å². The van der Waals surface area contributed by atoms with Crippen molar-refractivity contribution in [1.29, 1.82) is 0 Å². The minimum atomic E-state index is -4.59. The Morgan fingerprint density at radius 2 is 1.74 bits per heavy atom. The van der Waals surface area contributed by atoms with E-state index < -0.39 is 23.6 Å². The molecule has 0 aromatic heterocycles. The fraction of sp³-hybridized carbons (Fsp3) is 0.0667. The number of carboxylic acids is 1. The normalized spacial score (nSPS) is 11.1. The average Bonchev–Trinajstić information content (AvgIpc) is 2.48. The predicted octanol–water partition coefficient (Wildman–Crippen LogP) is 4.31. The molecule has 2 rings (SSSR count). The van der Waals surface area contributed by atoms with E-state index in [2.05, 4.69) is 5.32 Å². The first-order valence-corrected chi connectivity index (χ1v) is 6.58. The second-order valence-corrected chi connectivity index (χ2v) is 4.91. The van der Waals surface area contributed by atoms with Crippen LogP contribution in [0, 0.1) is 0 Å². The van der Waals surface area contributed by atoms with Crippen LogP contribution in [0.4, 0.5) is 18.9 Å². The Bertz CT molecular complexity index is 775. The number of carbonyl (C=O) groups is 2. The lowest BCUT2D eigenvalue weighted by atomic mass is 10.1. The van der Waals surface area contributed by atoms with Crippen molar-refractivity contribution in [2.24, 2.45) is 0 Å². The largest absolute Gasteiger partial charge is 0.478 e. The minimum absolute atomic E-state index is 0.0368. The summed E-state index contributed by atoms with van der Waals surface area (Å²) in [4.78, 5) is 23.2. The fourth-order valence-corrected chi connectivity index (χ4v) is 2.07. The summed E-state index contributed by atoms with van der Waals surface area (Å²) in [5, 5.41) is 11.3. The third-order valence-electron chi connectivity index (χ3n) is 2.93. The van der Waals surface area contributed by atoms with E-state index in [1.165, 1.54) is 24.3 Å². The molecule has 0 radical (unpaired) electrons. The lowest BCUT2D eigenvalue weighted by molar-refractivity contribution is -0.137. The number of amides is 1. The van der Waals surface area contributed by atoms with E-state index >= 15 is 0 Å². The highest BCUT2D eigenvalue weighted by molar-refractivity contribution is 6.34. The first-order chi connectivity index (χ1) is 10.7. The zero-order valence-electron chi connectivity index (χ0n) is 11.3. The molecular formula is C15H9ClF3NO3. The molecule has 0 aliphatic carbocycles. The molecule has 0 unspecified atom stereocenters. The van der Waals surface area contributed by atoms with Gasteiger partial charge in [0.05, 0.1) is 21.8 Å². The van der Waals surface area contributed by atoms with Crippen LogP contribution in [0.15, 0.2) is 42.5 Å². The van der Waals surface area contributed by atoms with Crippen LogP contribution in [0.5, 0.6) is 0 Å². The van der Waals surface area contributed by atoms with Gasteiger partial charge >= 0.3 is 12.1 Å². The van der Waals surface area contributed by atoms with Crippen LogP contribution in [0.3, 0.4) is 0 Å². The highest BCUT2D eigenvalue weighted by atomic mass is 35.5. The van der Waals surface area contributed by atoms with Crippen molar-refractivity contribution in [3.8, 4) is 0 Å². The number of alkyl halides is 3. The Kier molecular flexibility index (Phi) is 4.60. The Morgan fingerprint density at radius 1 is 1.09 bits per heavy atom. The highest BCUT2D eigenvalue weighted by Crippen LogP contribution is 2.30. The molecule has 0 spiro atoms. The zero-order chi connectivity index (χ0) is 17.2. The number of para-hydroxylation sites is 1. The van der Waals surface area contributed by atoms with E-state index in [9.17, 15) is 22.8 Å². The van der Waals surface area contributed by atoms with Crippen LogP contribution in [0.25, 0.3) is 0 Å². The van der Waals surface area contributed by atoms with Gasteiger partial charge in [0.15, 0.2) is 0 Å². The first-order valence-electron chi connectivity index (χ1n) is 6.20. The van der Waals surface area contributed by atoms with Crippen molar-refractivity contribution in [3.05, 3.63) is 64.2 Å². The van der Waals surface area contributed by atoms with Gasteiger partial charge in [-0.25, -0.2) is 4.79 Å². The van der Waals surface area contributed by atoms with E-state index in [4.69, 9.17) is 16.7 Å². The van der Waals surface area contributed by atoms with Gasteiger partial charge in [0.2, 0.25) is 0 Å². The second kappa shape index (κ2) is 6.29. The molecule has 0 heterocycles. The topological polar surface area (TPSA) is 66.4 Å². The maximum atomic E-state index is 12.7. The summed E-state index contributed by atoms with van der Waals surface area (Å²) in [6.45, 7) is 0. The lowest BCUT2D eigenvalue weighted by Crippen LogP contribution is -2.16. The van der Waals surface area contributed by atoms with Crippen LogP contribution in [0.1, 0.15) is 26.3 Å². The molecule has 0 atom stereocenters. The zero-order valence-corrected chi connectivity index (χ0v) is 12.1. The number of benzene rings is 2. The Hall–Kier alpha value is -2.54. The van der Waals surface area contributed by atoms with Crippen molar-refractivity contribution < 1.29 is 27.9 Å². The monoisotopic (exact) mass is 343 g/mol. The summed E-state index contributed by atoms with van der Waals surface area (Å²) < 4.78 is 38.0. The number of rotatable bonds is 3. The van der Waals surface area contributed by atoms with Crippen molar-refractivity contribution in [1.82, 2.24) is 0 Å². The van der Waals surface area contributed by atoms with Gasteiger partial charge < -0.3 is 10.4 Å². The fourth-order valence-electron chi connectivity index (χ4n) is 1.85.